The van der Waals surface area contributed by atoms with Gasteiger partial charge in [-0.3, -0.25) is 4.79 Å². The van der Waals surface area contributed by atoms with Crippen molar-refractivity contribution in [1.82, 2.24) is 5.32 Å². The van der Waals surface area contributed by atoms with Gasteiger partial charge in [0, 0.05) is 0 Å². The number of halogens is 1. The number of benzene rings is 1. The van der Waals surface area contributed by atoms with Gasteiger partial charge in [0.2, 0.25) is 0 Å². The molecule has 0 radical (unpaired) electrons. The number of nitrogens with one attached hydrogen (secondary N) is 1. The molecule has 0 saturated heterocycles. The highest BCUT2D eigenvalue weighted by molar-refractivity contribution is 5.86. The lowest BCUT2D eigenvalue weighted by atomic mass is 10.0. The quantitative estimate of drug-likeness (QED) is 0.835. The molecule has 5 nitrogen and oxygen atoms in total. The predicted octanol–water partition coefficient (Wildman–Crippen LogP) is 1.82. The first-order valence-electron chi connectivity index (χ1n) is 6.26. The lowest BCUT2D eigenvalue weighted by molar-refractivity contribution is -0.144. The molecular weight excluding hydrogens is 265 g/mol. The fourth-order valence-corrected chi connectivity index (χ4v) is 1.55. The van der Waals surface area contributed by atoms with Crippen molar-refractivity contribution in [2.45, 2.75) is 32.9 Å². The minimum absolute atomic E-state index is 0.241. The van der Waals surface area contributed by atoms with Gasteiger partial charge in [0.25, 0.3) is 5.91 Å². The summed E-state index contributed by atoms with van der Waals surface area (Å²) in [5.74, 6) is -1.93. The van der Waals surface area contributed by atoms with Crippen LogP contribution >= 0.6 is 0 Å². The van der Waals surface area contributed by atoms with Crippen LogP contribution in [0.2, 0.25) is 0 Å². The Morgan fingerprint density at radius 2 is 1.75 bits per heavy atom. The second kappa shape index (κ2) is 6.88. The van der Waals surface area contributed by atoms with Crippen LogP contribution in [0.1, 0.15) is 20.8 Å². The standard InChI is InChI=1S/C14H18FNO4/c1-8(2)12(14(18)19)16-13(17)9(3)20-11-6-4-10(15)5-7-11/h4-9,12H,1-3H3,(H,16,17)(H,18,19)/t9-,12+/m1/s1. The lowest BCUT2D eigenvalue weighted by Crippen LogP contribution is -2.48. The fraction of sp³-hybridized carbons (Fsp3) is 0.429. The summed E-state index contributed by atoms with van der Waals surface area (Å²) in [7, 11) is 0. The van der Waals surface area contributed by atoms with Crippen LogP contribution in [-0.4, -0.2) is 29.1 Å². The Bertz CT molecular complexity index is 473. The lowest BCUT2D eigenvalue weighted by Gasteiger charge is -2.21. The molecule has 1 amide bonds. The molecule has 1 aromatic rings. The smallest absolute Gasteiger partial charge is 0.326 e. The molecule has 0 aliphatic carbocycles. The van der Waals surface area contributed by atoms with Crippen molar-refractivity contribution >= 4 is 11.9 Å². The maximum atomic E-state index is 12.7. The van der Waals surface area contributed by atoms with Crippen molar-refractivity contribution in [3.05, 3.63) is 30.1 Å². The molecule has 0 bridgehead atoms. The van der Waals surface area contributed by atoms with E-state index in [-0.39, 0.29) is 5.92 Å². The van der Waals surface area contributed by atoms with E-state index >= 15 is 0 Å². The highest BCUT2D eigenvalue weighted by atomic mass is 19.1. The SMILES string of the molecule is CC(C)[C@H](NC(=O)[C@@H](C)Oc1ccc(F)cc1)C(=O)O. The summed E-state index contributed by atoms with van der Waals surface area (Å²) < 4.78 is 18.1. The first-order valence-corrected chi connectivity index (χ1v) is 6.26. The van der Waals surface area contributed by atoms with Crippen molar-refractivity contribution in [2.24, 2.45) is 5.92 Å². The Hall–Kier alpha value is -2.11. The summed E-state index contributed by atoms with van der Waals surface area (Å²) in [6, 6.07) is 4.26. The summed E-state index contributed by atoms with van der Waals surface area (Å²) in [6.45, 7) is 4.90. The van der Waals surface area contributed by atoms with Crippen molar-refractivity contribution in [3.8, 4) is 5.75 Å². The van der Waals surface area contributed by atoms with Gasteiger partial charge >= 0.3 is 5.97 Å². The average Bonchev–Trinajstić information content (AvgIpc) is 2.37. The number of hydrogen-bond donors (Lipinski definition) is 2. The van der Waals surface area contributed by atoms with Crippen LogP contribution in [0.4, 0.5) is 4.39 Å². The Balaban J connectivity index is 2.62. The maximum absolute atomic E-state index is 12.7. The molecule has 2 atom stereocenters. The normalized spacial score (nSPS) is 13.7. The van der Waals surface area contributed by atoms with Crippen LogP contribution in [0.15, 0.2) is 24.3 Å². The summed E-state index contributed by atoms with van der Waals surface area (Å²) in [5.41, 5.74) is 0. The third kappa shape index (κ3) is 4.53. The van der Waals surface area contributed by atoms with E-state index in [1.54, 1.807) is 13.8 Å². The summed E-state index contributed by atoms with van der Waals surface area (Å²) in [6.07, 6.45) is -0.874. The highest BCUT2D eigenvalue weighted by Crippen LogP contribution is 2.13. The molecule has 0 fully saturated rings. The maximum Gasteiger partial charge on any atom is 0.326 e. The Labute approximate surface area is 116 Å². The van der Waals surface area contributed by atoms with Crippen LogP contribution in [-0.2, 0) is 9.59 Å². The molecule has 0 spiro atoms. The second-order valence-electron chi connectivity index (χ2n) is 4.78. The number of aliphatic carboxylic acids is 1. The number of hydrogen-bond acceptors (Lipinski definition) is 3. The third-order valence-electron chi connectivity index (χ3n) is 2.73. The molecule has 0 aromatic heterocycles. The van der Waals surface area contributed by atoms with Crippen LogP contribution in [0, 0.1) is 11.7 Å². The molecule has 0 saturated carbocycles. The number of amides is 1. The number of ether oxygens (including phenoxy) is 1. The first-order chi connectivity index (χ1) is 9.31. The first kappa shape index (κ1) is 15.9. The van der Waals surface area contributed by atoms with E-state index in [2.05, 4.69) is 5.32 Å². The van der Waals surface area contributed by atoms with Gasteiger partial charge < -0.3 is 15.2 Å². The van der Waals surface area contributed by atoms with Gasteiger partial charge in [0.1, 0.15) is 17.6 Å². The Morgan fingerprint density at radius 1 is 1.20 bits per heavy atom. The molecular formula is C14H18FNO4. The Morgan fingerprint density at radius 3 is 2.20 bits per heavy atom. The van der Waals surface area contributed by atoms with Gasteiger partial charge in [-0.15, -0.1) is 0 Å². The molecule has 2 N–H and O–H groups in total. The number of carboxylic acid groups (broad SMARTS) is 1. The third-order valence-corrected chi connectivity index (χ3v) is 2.73. The average molecular weight is 283 g/mol. The minimum atomic E-state index is -1.10. The van der Waals surface area contributed by atoms with Gasteiger partial charge in [0.15, 0.2) is 6.10 Å². The molecule has 6 heteroatoms. The zero-order valence-electron chi connectivity index (χ0n) is 11.6. The highest BCUT2D eigenvalue weighted by Gasteiger charge is 2.26. The molecule has 0 aliphatic heterocycles. The van der Waals surface area contributed by atoms with E-state index in [1.165, 1.54) is 31.2 Å². The van der Waals surface area contributed by atoms with E-state index in [4.69, 9.17) is 9.84 Å². The summed E-state index contributed by atoms with van der Waals surface area (Å²) in [5, 5.41) is 11.4. The number of carbonyl (C=O) groups excluding carboxylic acids is 1. The number of carboxylic acids is 1. The molecule has 0 unspecified atom stereocenters. The predicted molar refractivity (Wildman–Crippen MR) is 70.9 cm³/mol. The van der Waals surface area contributed by atoms with Gasteiger partial charge in [-0.25, -0.2) is 9.18 Å². The van der Waals surface area contributed by atoms with E-state index in [1.807, 2.05) is 0 Å². The minimum Gasteiger partial charge on any atom is -0.481 e. The van der Waals surface area contributed by atoms with Gasteiger partial charge in [0.05, 0.1) is 0 Å². The molecule has 110 valence electrons. The molecule has 1 rings (SSSR count). The van der Waals surface area contributed by atoms with Crippen molar-refractivity contribution in [3.63, 3.8) is 0 Å². The van der Waals surface area contributed by atoms with Gasteiger partial charge in [-0.2, -0.15) is 0 Å². The zero-order valence-corrected chi connectivity index (χ0v) is 11.6. The van der Waals surface area contributed by atoms with Gasteiger partial charge in [-0.1, -0.05) is 13.8 Å². The molecule has 1 aromatic carbocycles. The fourth-order valence-electron chi connectivity index (χ4n) is 1.55. The summed E-state index contributed by atoms with van der Waals surface area (Å²) in [4.78, 5) is 22.9. The van der Waals surface area contributed by atoms with Crippen molar-refractivity contribution in [1.29, 1.82) is 0 Å². The molecule has 20 heavy (non-hydrogen) atoms. The second-order valence-corrected chi connectivity index (χ2v) is 4.78. The molecule has 0 aliphatic rings. The van der Waals surface area contributed by atoms with Crippen molar-refractivity contribution in [2.75, 3.05) is 0 Å². The topological polar surface area (TPSA) is 75.6 Å². The van der Waals surface area contributed by atoms with E-state index in [9.17, 15) is 14.0 Å². The largest absolute Gasteiger partial charge is 0.481 e. The van der Waals surface area contributed by atoms with Crippen LogP contribution in [0.5, 0.6) is 5.75 Å². The number of rotatable bonds is 6. The van der Waals surface area contributed by atoms with E-state index in [0.29, 0.717) is 5.75 Å². The van der Waals surface area contributed by atoms with Crippen LogP contribution in [0.3, 0.4) is 0 Å². The zero-order chi connectivity index (χ0) is 15.3. The van der Waals surface area contributed by atoms with Crippen molar-refractivity contribution < 1.29 is 23.8 Å². The van der Waals surface area contributed by atoms with Crippen LogP contribution < -0.4 is 10.1 Å². The molecule has 0 heterocycles. The van der Waals surface area contributed by atoms with E-state index in [0.717, 1.165) is 0 Å². The summed E-state index contributed by atoms with van der Waals surface area (Å²) >= 11 is 0. The van der Waals surface area contributed by atoms with Crippen LogP contribution in [0.25, 0.3) is 0 Å². The Kier molecular flexibility index (Phi) is 5.49. The monoisotopic (exact) mass is 283 g/mol. The van der Waals surface area contributed by atoms with Gasteiger partial charge in [-0.05, 0) is 37.1 Å². The van der Waals surface area contributed by atoms with E-state index < -0.39 is 29.8 Å². The number of carbonyl (C=O) groups is 2.